The molecule has 0 radical (unpaired) electrons. The number of hydrogen-bond donors (Lipinski definition) is 1. The number of nitrogens with zero attached hydrogens (tertiary/aromatic N) is 5. The van der Waals surface area contributed by atoms with Crippen LogP contribution in [0.25, 0.3) is 11.2 Å². The number of benzene rings is 1. The Balaban J connectivity index is 1.80. The fraction of sp³-hybridized carbons (Fsp3) is 0.154. The third-order valence-electron chi connectivity index (χ3n) is 3.02. The normalized spacial score (nSPS) is 10.8. The number of carbonyl (C=O) groups is 1. The third kappa shape index (κ3) is 2.55. The standard InChI is InChI=1S/C13H11FN6O2/c1-19-12-11(17-18-19)13(22)20(7-15-12)6-10(21)16-9-4-2-8(14)3-5-9/h2-5,7H,6H2,1H3,(H,16,21). The highest BCUT2D eigenvalue weighted by Gasteiger charge is 2.12. The van der Waals surface area contributed by atoms with Crippen molar-refractivity contribution in [3.8, 4) is 0 Å². The van der Waals surface area contributed by atoms with Crippen molar-refractivity contribution in [2.75, 3.05) is 5.32 Å². The van der Waals surface area contributed by atoms with Gasteiger partial charge in [-0.1, -0.05) is 5.21 Å². The third-order valence-corrected chi connectivity index (χ3v) is 3.02. The summed E-state index contributed by atoms with van der Waals surface area (Å²) in [6, 6.07) is 5.32. The molecule has 1 amide bonds. The number of aromatic nitrogens is 5. The maximum Gasteiger partial charge on any atom is 0.283 e. The zero-order valence-electron chi connectivity index (χ0n) is 11.5. The van der Waals surface area contributed by atoms with Crippen LogP contribution in [0.3, 0.4) is 0 Å². The number of anilines is 1. The van der Waals surface area contributed by atoms with E-state index in [1.165, 1.54) is 35.3 Å². The first-order chi connectivity index (χ1) is 10.5. The zero-order chi connectivity index (χ0) is 15.7. The van der Waals surface area contributed by atoms with Crippen LogP contribution in [-0.2, 0) is 18.4 Å². The lowest BCUT2D eigenvalue weighted by Gasteiger charge is -2.06. The topological polar surface area (TPSA) is 94.7 Å². The summed E-state index contributed by atoms with van der Waals surface area (Å²) in [7, 11) is 1.62. The van der Waals surface area contributed by atoms with Gasteiger partial charge in [0.2, 0.25) is 5.91 Å². The van der Waals surface area contributed by atoms with Crippen molar-refractivity contribution in [3.05, 3.63) is 46.8 Å². The molecule has 1 aromatic carbocycles. The Morgan fingerprint density at radius 2 is 2.05 bits per heavy atom. The van der Waals surface area contributed by atoms with Crippen LogP contribution in [0, 0.1) is 5.82 Å². The fourth-order valence-electron chi connectivity index (χ4n) is 1.95. The summed E-state index contributed by atoms with van der Waals surface area (Å²) >= 11 is 0. The number of halogens is 1. The smallest absolute Gasteiger partial charge is 0.283 e. The van der Waals surface area contributed by atoms with Gasteiger partial charge in [-0.05, 0) is 24.3 Å². The van der Waals surface area contributed by atoms with E-state index in [4.69, 9.17) is 0 Å². The Labute approximate surface area is 123 Å². The molecule has 22 heavy (non-hydrogen) atoms. The summed E-state index contributed by atoms with van der Waals surface area (Å²) in [4.78, 5) is 28.1. The summed E-state index contributed by atoms with van der Waals surface area (Å²) in [5.74, 6) is -0.828. The van der Waals surface area contributed by atoms with E-state index in [9.17, 15) is 14.0 Å². The van der Waals surface area contributed by atoms with Crippen LogP contribution in [0.4, 0.5) is 10.1 Å². The molecular weight excluding hydrogens is 291 g/mol. The van der Waals surface area contributed by atoms with E-state index in [0.717, 1.165) is 4.57 Å². The molecule has 0 fully saturated rings. The van der Waals surface area contributed by atoms with Crippen LogP contribution in [0.1, 0.15) is 0 Å². The number of fused-ring (bicyclic) bond motifs is 1. The quantitative estimate of drug-likeness (QED) is 0.751. The summed E-state index contributed by atoms with van der Waals surface area (Å²) in [5, 5.41) is 9.99. The monoisotopic (exact) mass is 302 g/mol. The van der Waals surface area contributed by atoms with Gasteiger partial charge >= 0.3 is 0 Å². The van der Waals surface area contributed by atoms with Crippen LogP contribution in [-0.4, -0.2) is 30.5 Å². The highest BCUT2D eigenvalue weighted by atomic mass is 19.1. The van der Waals surface area contributed by atoms with E-state index in [-0.39, 0.29) is 12.1 Å². The Kier molecular flexibility index (Phi) is 3.37. The molecule has 1 N–H and O–H groups in total. The predicted octanol–water partition coefficient (Wildman–Crippen LogP) is 0.303. The Morgan fingerprint density at radius 3 is 2.77 bits per heavy atom. The minimum absolute atomic E-state index is 0.0968. The molecule has 3 aromatic rings. The first-order valence-electron chi connectivity index (χ1n) is 6.35. The number of carbonyl (C=O) groups excluding carboxylic acids is 1. The Morgan fingerprint density at radius 1 is 1.32 bits per heavy atom. The van der Waals surface area contributed by atoms with Crippen molar-refractivity contribution in [2.24, 2.45) is 7.05 Å². The molecule has 3 rings (SSSR count). The largest absolute Gasteiger partial charge is 0.325 e. The van der Waals surface area contributed by atoms with Gasteiger partial charge in [-0.3, -0.25) is 14.2 Å². The SMILES string of the molecule is Cn1nnc2c(=O)n(CC(=O)Nc3ccc(F)cc3)cnc21. The summed E-state index contributed by atoms with van der Waals surface area (Å²) in [6.45, 7) is -0.226. The van der Waals surface area contributed by atoms with Gasteiger partial charge in [-0.2, -0.15) is 0 Å². The van der Waals surface area contributed by atoms with Gasteiger partial charge in [0.25, 0.3) is 5.56 Å². The minimum atomic E-state index is -0.452. The summed E-state index contributed by atoms with van der Waals surface area (Å²) < 4.78 is 15.3. The first kappa shape index (κ1) is 13.9. The molecule has 0 aliphatic rings. The van der Waals surface area contributed by atoms with Gasteiger partial charge in [0.1, 0.15) is 18.7 Å². The van der Waals surface area contributed by atoms with Crippen LogP contribution in [0.15, 0.2) is 35.4 Å². The van der Waals surface area contributed by atoms with Crippen molar-refractivity contribution >= 4 is 22.8 Å². The van der Waals surface area contributed by atoms with Crippen LogP contribution in [0.2, 0.25) is 0 Å². The van der Waals surface area contributed by atoms with Crippen molar-refractivity contribution in [3.63, 3.8) is 0 Å². The highest BCUT2D eigenvalue weighted by Crippen LogP contribution is 2.08. The molecule has 8 nitrogen and oxygen atoms in total. The van der Waals surface area contributed by atoms with Gasteiger partial charge < -0.3 is 5.32 Å². The van der Waals surface area contributed by atoms with E-state index in [0.29, 0.717) is 11.3 Å². The lowest BCUT2D eigenvalue weighted by Crippen LogP contribution is -2.28. The second-order valence-electron chi connectivity index (χ2n) is 4.62. The molecule has 2 heterocycles. The number of aryl methyl sites for hydroxylation is 1. The fourth-order valence-corrected chi connectivity index (χ4v) is 1.95. The number of rotatable bonds is 3. The van der Waals surface area contributed by atoms with Crippen molar-refractivity contribution in [1.82, 2.24) is 24.5 Å². The summed E-state index contributed by atoms with van der Waals surface area (Å²) in [6.07, 6.45) is 1.26. The number of hydrogen-bond acceptors (Lipinski definition) is 5. The second kappa shape index (κ2) is 5.35. The molecule has 0 aliphatic carbocycles. The lowest BCUT2D eigenvalue weighted by atomic mass is 10.3. The molecule has 0 saturated carbocycles. The number of nitrogens with one attached hydrogen (secondary N) is 1. The molecule has 0 spiro atoms. The molecular formula is C13H11FN6O2. The highest BCUT2D eigenvalue weighted by molar-refractivity contribution is 5.90. The molecule has 0 bridgehead atoms. The molecule has 112 valence electrons. The Hall–Kier alpha value is -3.10. The van der Waals surface area contributed by atoms with Gasteiger partial charge in [0, 0.05) is 12.7 Å². The van der Waals surface area contributed by atoms with Gasteiger partial charge in [-0.25, -0.2) is 14.1 Å². The van der Waals surface area contributed by atoms with Crippen LogP contribution in [0.5, 0.6) is 0 Å². The zero-order valence-corrected chi connectivity index (χ0v) is 11.5. The van der Waals surface area contributed by atoms with E-state index in [1.807, 2.05) is 0 Å². The van der Waals surface area contributed by atoms with E-state index in [2.05, 4.69) is 20.6 Å². The van der Waals surface area contributed by atoms with Gasteiger partial charge in [0.15, 0.2) is 11.2 Å². The van der Waals surface area contributed by atoms with Crippen molar-refractivity contribution in [1.29, 1.82) is 0 Å². The number of amides is 1. The predicted molar refractivity (Wildman–Crippen MR) is 75.6 cm³/mol. The van der Waals surface area contributed by atoms with E-state index in [1.54, 1.807) is 7.05 Å². The molecule has 2 aromatic heterocycles. The Bertz CT molecular complexity index is 899. The molecule has 9 heteroatoms. The average Bonchev–Trinajstić information content (AvgIpc) is 2.87. The van der Waals surface area contributed by atoms with Gasteiger partial charge in [-0.15, -0.1) is 5.10 Å². The maximum atomic E-state index is 12.8. The second-order valence-corrected chi connectivity index (χ2v) is 4.62. The van der Waals surface area contributed by atoms with Crippen LogP contribution < -0.4 is 10.9 Å². The van der Waals surface area contributed by atoms with Crippen molar-refractivity contribution in [2.45, 2.75) is 6.54 Å². The molecule has 0 aliphatic heterocycles. The van der Waals surface area contributed by atoms with E-state index < -0.39 is 17.3 Å². The van der Waals surface area contributed by atoms with Gasteiger partial charge in [0.05, 0.1) is 0 Å². The van der Waals surface area contributed by atoms with E-state index >= 15 is 0 Å². The van der Waals surface area contributed by atoms with Crippen molar-refractivity contribution < 1.29 is 9.18 Å². The lowest BCUT2D eigenvalue weighted by molar-refractivity contribution is -0.116. The minimum Gasteiger partial charge on any atom is -0.325 e. The summed E-state index contributed by atoms with van der Waals surface area (Å²) in [5.41, 5.74) is 0.431. The average molecular weight is 302 g/mol. The van der Waals surface area contributed by atoms with Crippen LogP contribution >= 0.6 is 0 Å². The molecule has 0 unspecified atom stereocenters. The maximum absolute atomic E-state index is 12.8. The molecule has 0 saturated heterocycles. The first-order valence-corrected chi connectivity index (χ1v) is 6.35. The molecule has 0 atom stereocenters.